The summed E-state index contributed by atoms with van der Waals surface area (Å²) in [6.45, 7) is 12.9. The highest BCUT2D eigenvalue weighted by molar-refractivity contribution is 5.87. The van der Waals surface area contributed by atoms with Gasteiger partial charge in [-0.3, -0.25) is 0 Å². The second-order valence-electron chi connectivity index (χ2n) is 8.22. The van der Waals surface area contributed by atoms with Crippen LogP contribution < -0.4 is 9.47 Å². The summed E-state index contributed by atoms with van der Waals surface area (Å²) in [6, 6.07) is 15.8. The highest BCUT2D eigenvalue weighted by Crippen LogP contribution is 2.18. The van der Waals surface area contributed by atoms with Crippen molar-refractivity contribution >= 4 is 11.9 Å². The van der Waals surface area contributed by atoms with Gasteiger partial charge in [0, 0.05) is 11.1 Å². The quantitative estimate of drug-likeness (QED) is 0.166. The summed E-state index contributed by atoms with van der Waals surface area (Å²) in [5.74, 6) is 0.702. The van der Waals surface area contributed by atoms with Gasteiger partial charge in [-0.15, -0.1) is 0 Å². The molecule has 0 bridgehead atoms. The van der Waals surface area contributed by atoms with Gasteiger partial charge in [-0.25, -0.2) is 9.59 Å². The molecule has 200 valence electrons. The zero-order chi connectivity index (χ0) is 26.9. The average molecular weight is 513 g/mol. The molecule has 8 nitrogen and oxygen atoms in total. The van der Waals surface area contributed by atoms with Crippen LogP contribution >= 0.6 is 0 Å². The molecule has 0 spiro atoms. The largest absolute Gasteiger partial charge is 0.491 e. The van der Waals surface area contributed by atoms with Gasteiger partial charge in [0.1, 0.15) is 37.9 Å². The first-order valence-corrected chi connectivity index (χ1v) is 12.1. The third-order valence-electron chi connectivity index (χ3n) is 4.87. The fourth-order valence-corrected chi connectivity index (χ4v) is 2.92. The summed E-state index contributed by atoms with van der Waals surface area (Å²) in [6.07, 6.45) is 0.790. The van der Waals surface area contributed by atoms with Gasteiger partial charge in [-0.1, -0.05) is 37.4 Å². The highest BCUT2D eigenvalue weighted by atomic mass is 16.6. The minimum atomic E-state index is -0.414. The van der Waals surface area contributed by atoms with Crippen molar-refractivity contribution in [3.8, 4) is 11.5 Å². The van der Waals surface area contributed by atoms with Gasteiger partial charge >= 0.3 is 11.9 Å². The van der Waals surface area contributed by atoms with E-state index in [4.69, 9.17) is 28.4 Å². The maximum Gasteiger partial charge on any atom is 0.333 e. The monoisotopic (exact) mass is 512 g/mol. The van der Waals surface area contributed by atoms with E-state index in [0.29, 0.717) is 50.8 Å². The number of hydrogen-bond donors (Lipinski definition) is 0. The Morgan fingerprint density at radius 1 is 0.568 bits per heavy atom. The van der Waals surface area contributed by atoms with E-state index in [1.807, 2.05) is 48.5 Å². The van der Waals surface area contributed by atoms with Gasteiger partial charge in [0.2, 0.25) is 0 Å². The molecule has 0 fully saturated rings. The van der Waals surface area contributed by atoms with E-state index in [9.17, 15) is 9.59 Å². The Balaban J connectivity index is 1.57. The second-order valence-corrected chi connectivity index (χ2v) is 8.22. The van der Waals surface area contributed by atoms with Crippen LogP contribution in [-0.4, -0.2) is 64.8 Å². The summed E-state index contributed by atoms with van der Waals surface area (Å²) in [7, 11) is 0. The van der Waals surface area contributed by atoms with Crippen LogP contribution in [0.2, 0.25) is 0 Å². The van der Waals surface area contributed by atoms with Gasteiger partial charge in [-0.05, 0) is 55.7 Å². The third kappa shape index (κ3) is 12.8. The Hall–Kier alpha value is -3.62. The van der Waals surface area contributed by atoms with E-state index in [0.717, 1.165) is 29.0 Å². The minimum absolute atomic E-state index is 0.193. The molecule has 2 rings (SSSR count). The molecular weight excluding hydrogens is 476 g/mol. The predicted octanol–water partition coefficient (Wildman–Crippen LogP) is 4.31. The molecule has 0 aromatic heterocycles. The molecule has 0 aliphatic rings. The minimum Gasteiger partial charge on any atom is -0.491 e. The molecule has 37 heavy (non-hydrogen) atoms. The lowest BCUT2D eigenvalue weighted by Gasteiger charge is -2.10. The molecule has 0 aliphatic carbocycles. The number of ether oxygens (including phenoxy) is 6. The molecule has 0 N–H and O–H groups in total. The molecule has 2 aromatic carbocycles. The number of benzene rings is 2. The van der Waals surface area contributed by atoms with Crippen LogP contribution in [0.25, 0.3) is 0 Å². The Morgan fingerprint density at radius 2 is 0.919 bits per heavy atom. The lowest BCUT2D eigenvalue weighted by atomic mass is 10.0. The molecule has 0 amide bonds. The maximum absolute atomic E-state index is 11.3. The van der Waals surface area contributed by atoms with Gasteiger partial charge in [0.15, 0.2) is 0 Å². The van der Waals surface area contributed by atoms with Crippen molar-refractivity contribution in [1.29, 1.82) is 0 Å². The molecular formula is C29H36O8. The van der Waals surface area contributed by atoms with Crippen LogP contribution in [-0.2, 0) is 35.0 Å². The highest BCUT2D eigenvalue weighted by Gasteiger charge is 2.04. The fourth-order valence-electron chi connectivity index (χ4n) is 2.92. The van der Waals surface area contributed by atoms with Crippen molar-refractivity contribution in [1.82, 2.24) is 0 Å². The van der Waals surface area contributed by atoms with Crippen molar-refractivity contribution in [2.75, 3.05) is 52.9 Å². The molecule has 0 atom stereocenters. The van der Waals surface area contributed by atoms with Crippen molar-refractivity contribution in [2.45, 2.75) is 20.3 Å². The van der Waals surface area contributed by atoms with Crippen LogP contribution in [0.1, 0.15) is 25.0 Å². The smallest absolute Gasteiger partial charge is 0.333 e. The summed E-state index contributed by atoms with van der Waals surface area (Å²) in [4.78, 5) is 22.5. The van der Waals surface area contributed by atoms with Gasteiger partial charge in [0.05, 0.1) is 26.4 Å². The number of rotatable bonds is 18. The van der Waals surface area contributed by atoms with E-state index in [2.05, 4.69) is 13.2 Å². The Kier molecular flexibility index (Phi) is 13.6. The van der Waals surface area contributed by atoms with Gasteiger partial charge in [-0.2, -0.15) is 0 Å². The summed E-state index contributed by atoms with van der Waals surface area (Å²) >= 11 is 0. The lowest BCUT2D eigenvalue weighted by Crippen LogP contribution is -2.13. The molecule has 0 unspecified atom stereocenters. The lowest BCUT2D eigenvalue weighted by molar-refractivity contribution is -0.141. The standard InChI is InChI=1S/C29H36O8/c1-22(2)28(30)36-19-15-32-13-17-34-26-9-5-24(6-10-26)21-25-7-11-27(12-8-25)35-18-14-33-16-20-37-29(31)23(3)4/h5-12H,1,3,13-21H2,2,4H3. The van der Waals surface area contributed by atoms with Gasteiger partial charge in [0.25, 0.3) is 0 Å². The van der Waals surface area contributed by atoms with Crippen molar-refractivity contribution in [2.24, 2.45) is 0 Å². The Labute approximate surface area is 218 Å². The molecule has 0 saturated heterocycles. The van der Waals surface area contributed by atoms with Crippen molar-refractivity contribution in [3.05, 3.63) is 84.0 Å². The maximum atomic E-state index is 11.3. The van der Waals surface area contributed by atoms with E-state index < -0.39 is 11.9 Å². The van der Waals surface area contributed by atoms with Crippen LogP contribution in [0.4, 0.5) is 0 Å². The summed E-state index contributed by atoms with van der Waals surface area (Å²) < 4.78 is 32.0. The van der Waals surface area contributed by atoms with Crippen LogP contribution in [0.5, 0.6) is 11.5 Å². The molecule has 8 heteroatoms. The van der Waals surface area contributed by atoms with E-state index >= 15 is 0 Å². The average Bonchev–Trinajstić information content (AvgIpc) is 2.89. The number of carbonyl (C=O) groups is 2. The second kappa shape index (κ2) is 16.9. The van der Waals surface area contributed by atoms with E-state index in [1.165, 1.54) is 0 Å². The first-order valence-electron chi connectivity index (χ1n) is 12.1. The van der Waals surface area contributed by atoms with Crippen molar-refractivity contribution in [3.63, 3.8) is 0 Å². The van der Waals surface area contributed by atoms with Gasteiger partial charge < -0.3 is 28.4 Å². The Morgan fingerprint density at radius 3 is 1.27 bits per heavy atom. The third-order valence-corrected chi connectivity index (χ3v) is 4.87. The molecule has 0 radical (unpaired) electrons. The van der Waals surface area contributed by atoms with Crippen LogP contribution in [0, 0.1) is 0 Å². The fraction of sp³-hybridized carbons (Fsp3) is 0.379. The first kappa shape index (κ1) is 29.6. The molecule has 0 aliphatic heterocycles. The van der Waals surface area contributed by atoms with Crippen LogP contribution in [0.3, 0.4) is 0 Å². The summed E-state index contributed by atoms with van der Waals surface area (Å²) in [5, 5.41) is 0. The van der Waals surface area contributed by atoms with E-state index in [1.54, 1.807) is 13.8 Å². The SMILES string of the molecule is C=C(C)C(=O)OCCOCCOc1ccc(Cc2ccc(OCCOCCOC(=O)C(=C)C)cc2)cc1. The molecule has 0 saturated carbocycles. The number of esters is 2. The molecule has 0 heterocycles. The predicted molar refractivity (Wildman–Crippen MR) is 140 cm³/mol. The molecule has 2 aromatic rings. The Bertz CT molecular complexity index is 914. The number of hydrogen-bond acceptors (Lipinski definition) is 8. The normalized spacial score (nSPS) is 10.4. The first-order chi connectivity index (χ1) is 17.8. The van der Waals surface area contributed by atoms with E-state index in [-0.39, 0.29) is 13.2 Å². The zero-order valence-electron chi connectivity index (χ0n) is 21.7. The van der Waals surface area contributed by atoms with Crippen molar-refractivity contribution < 1.29 is 38.0 Å². The van der Waals surface area contributed by atoms with Crippen LogP contribution in [0.15, 0.2) is 72.8 Å². The topological polar surface area (TPSA) is 89.5 Å². The number of carbonyl (C=O) groups excluding carboxylic acids is 2. The summed E-state index contributed by atoms with van der Waals surface area (Å²) in [5.41, 5.74) is 3.07. The zero-order valence-corrected chi connectivity index (χ0v) is 21.7.